The smallest absolute Gasteiger partial charge is 0.416 e. The first-order valence-corrected chi connectivity index (χ1v) is 8.37. The van der Waals surface area contributed by atoms with Gasteiger partial charge >= 0.3 is 12.1 Å². The molecule has 0 aliphatic heterocycles. The molecule has 1 N–H and O–H groups in total. The molecular formula is C20H17F3O2. The maximum Gasteiger partial charge on any atom is 0.416 e. The van der Waals surface area contributed by atoms with Gasteiger partial charge in [0, 0.05) is 5.92 Å². The predicted molar refractivity (Wildman–Crippen MR) is 86.4 cm³/mol. The van der Waals surface area contributed by atoms with Gasteiger partial charge in [-0.25, -0.2) is 0 Å². The summed E-state index contributed by atoms with van der Waals surface area (Å²) in [5.74, 6) is -1.75. The molecule has 0 amide bonds. The zero-order valence-corrected chi connectivity index (χ0v) is 13.4. The van der Waals surface area contributed by atoms with E-state index in [1.807, 2.05) is 24.3 Å². The van der Waals surface area contributed by atoms with Crippen LogP contribution in [0.3, 0.4) is 0 Å². The van der Waals surface area contributed by atoms with Crippen molar-refractivity contribution in [3.63, 3.8) is 0 Å². The number of alkyl halides is 3. The lowest BCUT2D eigenvalue weighted by Gasteiger charge is -2.22. The number of fused-ring (bicyclic) bond motifs is 2. The Kier molecular flexibility index (Phi) is 3.63. The summed E-state index contributed by atoms with van der Waals surface area (Å²) in [7, 11) is 0. The van der Waals surface area contributed by atoms with Gasteiger partial charge in [0.05, 0.1) is 11.5 Å². The van der Waals surface area contributed by atoms with Gasteiger partial charge in [-0.05, 0) is 59.6 Å². The fourth-order valence-corrected chi connectivity index (χ4v) is 4.12. The average molecular weight is 346 g/mol. The molecule has 0 heterocycles. The third kappa shape index (κ3) is 2.81. The summed E-state index contributed by atoms with van der Waals surface area (Å²) < 4.78 is 39.6. The summed E-state index contributed by atoms with van der Waals surface area (Å²) in [4.78, 5) is 11.4. The molecule has 2 nitrogen and oxygen atoms in total. The minimum absolute atomic E-state index is 0.140. The summed E-state index contributed by atoms with van der Waals surface area (Å²) >= 11 is 0. The van der Waals surface area contributed by atoms with E-state index in [1.165, 1.54) is 6.07 Å². The number of rotatable bonds is 2. The Labute approximate surface area is 143 Å². The minimum Gasteiger partial charge on any atom is -0.481 e. The van der Waals surface area contributed by atoms with Crippen LogP contribution in [0.1, 0.15) is 40.2 Å². The van der Waals surface area contributed by atoms with Gasteiger partial charge < -0.3 is 5.11 Å². The molecule has 2 aromatic rings. The minimum atomic E-state index is -4.40. The monoisotopic (exact) mass is 346 g/mol. The average Bonchev–Trinajstić information content (AvgIpc) is 3.35. The van der Waals surface area contributed by atoms with E-state index in [9.17, 15) is 23.1 Å². The maximum absolute atomic E-state index is 13.2. The van der Waals surface area contributed by atoms with Gasteiger partial charge in [0.2, 0.25) is 0 Å². The third-order valence-electron chi connectivity index (χ3n) is 5.45. The van der Waals surface area contributed by atoms with Gasteiger partial charge in [-0.3, -0.25) is 4.79 Å². The molecule has 2 aromatic carbocycles. The number of carboxylic acids is 1. The van der Waals surface area contributed by atoms with Gasteiger partial charge in [-0.1, -0.05) is 30.3 Å². The number of aliphatic carboxylic acids is 1. The molecule has 2 aliphatic carbocycles. The lowest BCUT2D eigenvalue weighted by Crippen LogP contribution is -2.13. The molecule has 0 spiro atoms. The standard InChI is InChI=1S/C20H17F3O2/c21-20(22,23)13-8-7-12-6-5-11-3-1-2-4-14(11)18(15(12)9-13)16-10-17(16)19(24)25/h1-4,7-9,16-18H,5-6,10H2,(H,24,25)/t16-,17-,18?/m1/s1. The molecule has 2 aliphatic rings. The molecule has 0 radical (unpaired) electrons. The molecule has 5 heteroatoms. The lowest BCUT2D eigenvalue weighted by atomic mass is 9.83. The molecule has 1 fully saturated rings. The number of hydrogen-bond donors (Lipinski definition) is 1. The number of aryl methyl sites for hydroxylation is 2. The van der Waals surface area contributed by atoms with Crippen LogP contribution in [0.15, 0.2) is 42.5 Å². The molecule has 3 atom stereocenters. The van der Waals surface area contributed by atoms with Crippen LogP contribution in [-0.4, -0.2) is 11.1 Å². The largest absolute Gasteiger partial charge is 0.481 e. The van der Waals surface area contributed by atoms with Gasteiger partial charge in [-0.2, -0.15) is 13.2 Å². The Bertz CT molecular complexity index is 841. The zero-order valence-electron chi connectivity index (χ0n) is 13.4. The predicted octanol–water partition coefficient (Wildman–Crippen LogP) is 4.66. The van der Waals surface area contributed by atoms with E-state index in [-0.39, 0.29) is 11.8 Å². The second-order valence-corrected chi connectivity index (χ2v) is 6.93. The Morgan fingerprint density at radius 2 is 1.68 bits per heavy atom. The van der Waals surface area contributed by atoms with E-state index in [0.717, 1.165) is 29.2 Å². The summed E-state index contributed by atoms with van der Waals surface area (Å²) in [6.07, 6.45) is -2.45. The Balaban J connectivity index is 1.87. The Hall–Kier alpha value is -2.30. The highest BCUT2D eigenvalue weighted by Gasteiger charge is 2.50. The van der Waals surface area contributed by atoms with Gasteiger partial charge in [0.1, 0.15) is 0 Å². The zero-order chi connectivity index (χ0) is 17.8. The SMILES string of the molecule is O=C(O)[C@@H]1C[C@H]1C1c2ccccc2CCc2ccc(C(F)(F)F)cc21. The Morgan fingerprint density at radius 1 is 1.00 bits per heavy atom. The van der Waals surface area contributed by atoms with Crippen molar-refractivity contribution in [3.8, 4) is 0 Å². The van der Waals surface area contributed by atoms with Crippen molar-refractivity contribution < 1.29 is 23.1 Å². The molecule has 4 rings (SSSR count). The number of hydrogen-bond acceptors (Lipinski definition) is 1. The third-order valence-corrected chi connectivity index (χ3v) is 5.45. The van der Waals surface area contributed by atoms with E-state index in [4.69, 9.17) is 0 Å². The number of carboxylic acid groups (broad SMARTS) is 1. The van der Waals surface area contributed by atoms with Crippen LogP contribution in [0.4, 0.5) is 13.2 Å². The van der Waals surface area contributed by atoms with E-state index < -0.39 is 23.6 Å². The van der Waals surface area contributed by atoms with Crippen molar-refractivity contribution in [1.82, 2.24) is 0 Å². The summed E-state index contributed by atoms with van der Waals surface area (Å²) in [6.45, 7) is 0. The molecule has 1 unspecified atom stereocenters. The van der Waals surface area contributed by atoms with Crippen molar-refractivity contribution in [1.29, 1.82) is 0 Å². The molecule has 0 saturated heterocycles. The van der Waals surface area contributed by atoms with Crippen LogP contribution in [0, 0.1) is 11.8 Å². The van der Waals surface area contributed by atoms with Crippen molar-refractivity contribution in [3.05, 3.63) is 70.3 Å². The number of benzene rings is 2. The molecule has 1 saturated carbocycles. The molecule has 25 heavy (non-hydrogen) atoms. The number of carbonyl (C=O) groups is 1. The van der Waals surface area contributed by atoms with Crippen molar-refractivity contribution in [2.75, 3.05) is 0 Å². The van der Waals surface area contributed by atoms with Crippen LogP contribution in [-0.2, 0) is 23.8 Å². The van der Waals surface area contributed by atoms with Crippen molar-refractivity contribution in [2.45, 2.75) is 31.4 Å². The first-order chi connectivity index (χ1) is 11.9. The van der Waals surface area contributed by atoms with Gasteiger partial charge in [0.25, 0.3) is 0 Å². The van der Waals surface area contributed by atoms with Crippen LogP contribution >= 0.6 is 0 Å². The van der Waals surface area contributed by atoms with Crippen molar-refractivity contribution >= 4 is 5.97 Å². The highest BCUT2D eigenvalue weighted by Crippen LogP contribution is 2.54. The van der Waals surface area contributed by atoms with E-state index >= 15 is 0 Å². The summed E-state index contributed by atoms with van der Waals surface area (Å²) in [5.41, 5.74) is 2.96. The van der Waals surface area contributed by atoms with E-state index in [2.05, 4.69) is 0 Å². The van der Waals surface area contributed by atoms with Crippen LogP contribution < -0.4 is 0 Å². The summed E-state index contributed by atoms with van der Waals surface area (Å²) in [6, 6.07) is 11.7. The Morgan fingerprint density at radius 3 is 2.32 bits per heavy atom. The lowest BCUT2D eigenvalue weighted by molar-refractivity contribution is -0.139. The first-order valence-electron chi connectivity index (χ1n) is 8.37. The topological polar surface area (TPSA) is 37.3 Å². The highest BCUT2D eigenvalue weighted by molar-refractivity contribution is 5.74. The molecular weight excluding hydrogens is 329 g/mol. The van der Waals surface area contributed by atoms with Gasteiger partial charge in [-0.15, -0.1) is 0 Å². The fourth-order valence-electron chi connectivity index (χ4n) is 4.12. The summed E-state index contributed by atoms with van der Waals surface area (Å²) in [5, 5.41) is 9.32. The number of halogens is 3. The second-order valence-electron chi connectivity index (χ2n) is 6.93. The molecule has 0 aromatic heterocycles. The molecule has 0 bridgehead atoms. The fraction of sp³-hybridized carbons (Fsp3) is 0.350. The maximum atomic E-state index is 13.2. The van der Waals surface area contributed by atoms with Crippen molar-refractivity contribution in [2.24, 2.45) is 11.8 Å². The van der Waals surface area contributed by atoms with E-state index in [0.29, 0.717) is 18.4 Å². The van der Waals surface area contributed by atoms with E-state index in [1.54, 1.807) is 6.07 Å². The molecule has 130 valence electrons. The normalized spacial score (nSPS) is 24.8. The van der Waals surface area contributed by atoms with Crippen LogP contribution in [0.2, 0.25) is 0 Å². The quantitative estimate of drug-likeness (QED) is 0.859. The van der Waals surface area contributed by atoms with Crippen LogP contribution in [0.5, 0.6) is 0 Å². The second kappa shape index (κ2) is 5.61. The van der Waals surface area contributed by atoms with Gasteiger partial charge in [0.15, 0.2) is 0 Å². The van der Waals surface area contributed by atoms with Crippen LogP contribution in [0.25, 0.3) is 0 Å². The first kappa shape index (κ1) is 16.2. The highest BCUT2D eigenvalue weighted by atomic mass is 19.4.